The van der Waals surface area contributed by atoms with E-state index in [1.54, 1.807) is 19.2 Å². The number of aliphatic hydroxyl groups is 1. The van der Waals surface area contributed by atoms with Gasteiger partial charge in [-0.1, -0.05) is 0 Å². The Balaban J connectivity index is 1.98. The minimum atomic E-state index is -0.460. The van der Waals surface area contributed by atoms with E-state index in [9.17, 15) is 9.59 Å². The molecule has 0 atom stereocenters. The van der Waals surface area contributed by atoms with Crippen molar-refractivity contribution in [3.63, 3.8) is 0 Å². The number of fused-ring (bicyclic) bond motifs is 1. The maximum atomic E-state index is 12.2. The fourth-order valence-electron chi connectivity index (χ4n) is 2.62. The molecule has 1 aromatic heterocycles. The molecule has 2 N–H and O–H groups in total. The van der Waals surface area contributed by atoms with E-state index in [1.807, 2.05) is 19.1 Å². The zero-order chi connectivity index (χ0) is 17.3. The predicted molar refractivity (Wildman–Crippen MR) is 88.5 cm³/mol. The summed E-state index contributed by atoms with van der Waals surface area (Å²) in [5.41, 5.74) is 2.34. The average Bonchev–Trinajstić information content (AvgIpc) is 2.83. The van der Waals surface area contributed by atoms with Crippen LogP contribution >= 0.6 is 0 Å². The summed E-state index contributed by atoms with van der Waals surface area (Å²) in [6.45, 7) is 1.59. The second kappa shape index (κ2) is 6.29. The van der Waals surface area contributed by atoms with E-state index in [2.05, 4.69) is 10.3 Å². The lowest BCUT2D eigenvalue weighted by atomic mass is 10.1. The highest BCUT2D eigenvalue weighted by Crippen LogP contribution is 2.31. The number of aromatic nitrogens is 1. The number of rotatable bonds is 5. The molecule has 124 valence electrons. The van der Waals surface area contributed by atoms with Gasteiger partial charge in [-0.15, -0.1) is 0 Å². The molecule has 0 saturated heterocycles. The highest BCUT2D eigenvalue weighted by molar-refractivity contribution is 6.18. The van der Waals surface area contributed by atoms with E-state index >= 15 is 0 Å². The Hall–Kier alpha value is -2.93. The molecule has 1 aromatic carbocycles. The fraction of sp³-hybridized carbons (Fsp3) is 0.235. The summed E-state index contributed by atoms with van der Waals surface area (Å²) in [6.07, 6.45) is 1.23. The maximum absolute atomic E-state index is 12.2. The third kappa shape index (κ3) is 2.69. The number of imide groups is 1. The molecule has 0 bridgehead atoms. The van der Waals surface area contributed by atoms with E-state index < -0.39 is 11.8 Å². The smallest absolute Gasteiger partial charge is 0.277 e. The fourth-order valence-corrected chi connectivity index (χ4v) is 2.62. The highest BCUT2D eigenvalue weighted by Gasteiger charge is 2.30. The van der Waals surface area contributed by atoms with Crippen LogP contribution in [0, 0.1) is 6.92 Å². The van der Waals surface area contributed by atoms with Gasteiger partial charge < -0.3 is 15.2 Å². The minimum Gasteiger partial charge on any atom is -0.494 e. The van der Waals surface area contributed by atoms with Gasteiger partial charge in [-0.2, -0.15) is 0 Å². The van der Waals surface area contributed by atoms with E-state index in [1.165, 1.54) is 6.08 Å². The molecule has 7 heteroatoms. The van der Waals surface area contributed by atoms with Gasteiger partial charge in [0.05, 0.1) is 20.3 Å². The van der Waals surface area contributed by atoms with Gasteiger partial charge in [0.1, 0.15) is 17.0 Å². The Labute approximate surface area is 138 Å². The molecule has 0 fully saturated rings. The van der Waals surface area contributed by atoms with Crippen molar-refractivity contribution < 1.29 is 19.4 Å². The molecule has 0 saturated carbocycles. The molecule has 1 aliphatic heterocycles. The Morgan fingerprint density at radius 1 is 1.25 bits per heavy atom. The van der Waals surface area contributed by atoms with E-state index in [0.29, 0.717) is 17.0 Å². The molecule has 7 nitrogen and oxygen atoms in total. The number of nitrogens with zero attached hydrogens (tertiary/aromatic N) is 2. The van der Waals surface area contributed by atoms with Crippen molar-refractivity contribution in [2.24, 2.45) is 0 Å². The number of carbonyl (C=O) groups excluding carboxylic acids is 2. The monoisotopic (exact) mass is 327 g/mol. The Kier molecular flexibility index (Phi) is 4.18. The summed E-state index contributed by atoms with van der Waals surface area (Å²) >= 11 is 0. The van der Waals surface area contributed by atoms with Crippen LogP contribution in [0.15, 0.2) is 36.0 Å². The van der Waals surface area contributed by atoms with Crippen LogP contribution in [0.4, 0.5) is 5.69 Å². The molecule has 24 heavy (non-hydrogen) atoms. The number of hydrogen-bond donors (Lipinski definition) is 2. The molecule has 0 spiro atoms. The Morgan fingerprint density at radius 3 is 2.75 bits per heavy atom. The van der Waals surface area contributed by atoms with Crippen molar-refractivity contribution in [3.05, 3.63) is 41.7 Å². The standard InChI is InChI=1S/C17H17N3O4/c1-10-3-4-11-12(5-6-14(24-2)16(11)18-10)19-13-9-15(22)20(7-8-21)17(13)23/h3-6,9,19,21H,7-8H2,1-2H3. The Morgan fingerprint density at radius 2 is 2.04 bits per heavy atom. The first kappa shape index (κ1) is 15.9. The largest absolute Gasteiger partial charge is 0.494 e. The summed E-state index contributed by atoms with van der Waals surface area (Å²) < 4.78 is 5.33. The van der Waals surface area contributed by atoms with Gasteiger partial charge in [0.15, 0.2) is 0 Å². The number of β-amino-alcohol motifs (C(OH)–C–C–N with tert-alkyl or cyclic N) is 1. The van der Waals surface area contributed by atoms with Crippen molar-refractivity contribution in [1.29, 1.82) is 0 Å². The first-order chi connectivity index (χ1) is 11.5. The predicted octanol–water partition coefficient (Wildman–Crippen LogP) is 1.21. The number of aliphatic hydroxyl groups excluding tert-OH is 1. The van der Waals surface area contributed by atoms with Gasteiger partial charge in [0, 0.05) is 22.8 Å². The van der Waals surface area contributed by atoms with Crippen LogP contribution in [0.25, 0.3) is 10.9 Å². The molecule has 0 unspecified atom stereocenters. The maximum Gasteiger partial charge on any atom is 0.277 e. The zero-order valence-corrected chi connectivity index (χ0v) is 13.4. The van der Waals surface area contributed by atoms with Crippen LogP contribution in [0.5, 0.6) is 5.75 Å². The van der Waals surface area contributed by atoms with Crippen molar-refractivity contribution in [1.82, 2.24) is 9.88 Å². The third-order valence-electron chi connectivity index (χ3n) is 3.78. The Bertz CT molecular complexity index is 860. The van der Waals surface area contributed by atoms with Crippen LogP contribution in [0.1, 0.15) is 5.69 Å². The van der Waals surface area contributed by atoms with Gasteiger partial charge in [0.2, 0.25) is 0 Å². The van der Waals surface area contributed by atoms with Crippen molar-refractivity contribution >= 4 is 28.4 Å². The first-order valence-corrected chi connectivity index (χ1v) is 7.45. The number of hydrogen-bond acceptors (Lipinski definition) is 6. The van der Waals surface area contributed by atoms with E-state index in [4.69, 9.17) is 9.84 Å². The van der Waals surface area contributed by atoms with Gasteiger partial charge in [-0.05, 0) is 31.2 Å². The summed E-state index contributed by atoms with van der Waals surface area (Å²) in [7, 11) is 1.57. The molecule has 2 amide bonds. The molecule has 0 aliphatic carbocycles. The molecule has 3 rings (SSSR count). The van der Waals surface area contributed by atoms with Crippen LogP contribution in [-0.2, 0) is 9.59 Å². The molecular formula is C17H17N3O4. The highest BCUT2D eigenvalue weighted by atomic mass is 16.5. The van der Waals surface area contributed by atoms with Crippen LogP contribution in [-0.4, -0.2) is 47.1 Å². The van der Waals surface area contributed by atoms with E-state index in [0.717, 1.165) is 16.0 Å². The second-order valence-corrected chi connectivity index (χ2v) is 5.37. The molecule has 0 radical (unpaired) electrons. The normalized spacial score (nSPS) is 14.3. The lowest BCUT2D eigenvalue weighted by Crippen LogP contribution is -2.34. The number of aryl methyl sites for hydroxylation is 1. The van der Waals surface area contributed by atoms with Gasteiger partial charge in [-0.25, -0.2) is 4.98 Å². The van der Waals surface area contributed by atoms with Crippen molar-refractivity contribution in [2.45, 2.75) is 6.92 Å². The van der Waals surface area contributed by atoms with Crippen LogP contribution < -0.4 is 10.1 Å². The molecule has 2 aromatic rings. The topological polar surface area (TPSA) is 91.8 Å². The van der Waals surface area contributed by atoms with Crippen molar-refractivity contribution in [2.75, 3.05) is 25.6 Å². The summed E-state index contributed by atoms with van der Waals surface area (Å²) in [4.78, 5) is 29.6. The lowest BCUT2D eigenvalue weighted by molar-refractivity contribution is -0.137. The minimum absolute atomic E-state index is 0.0243. The van der Waals surface area contributed by atoms with E-state index in [-0.39, 0.29) is 18.8 Å². The third-order valence-corrected chi connectivity index (χ3v) is 3.78. The number of nitrogens with one attached hydrogen (secondary N) is 1. The molecule has 1 aliphatic rings. The number of benzene rings is 1. The number of carbonyl (C=O) groups is 2. The van der Waals surface area contributed by atoms with Gasteiger partial charge in [-0.3, -0.25) is 14.5 Å². The number of ether oxygens (including phenoxy) is 1. The zero-order valence-electron chi connectivity index (χ0n) is 13.4. The van der Waals surface area contributed by atoms with Gasteiger partial charge >= 0.3 is 0 Å². The summed E-state index contributed by atoms with van der Waals surface area (Å²) in [6, 6.07) is 7.27. The summed E-state index contributed by atoms with van der Waals surface area (Å²) in [5, 5.41) is 12.7. The number of amides is 2. The second-order valence-electron chi connectivity index (χ2n) is 5.37. The number of methoxy groups -OCH3 is 1. The lowest BCUT2D eigenvalue weighted by Gasteiger charge is -2.15. The van der Waals surface area contributed by atoms with Crippen LogP contribution in [0.3, 0.4) is 0 Å². The molecule has 2 heterocycles. The quantitative estimate of drug-likeness (QED) is 0.802. The van der Waals surface area contributed by atoms with Gasteiger partial charge in [0.25, 0.3) is 11.8 Å². The first-order valence-electron chi connectivity index (χ1n) is 7.45. The average molecular weight is 327 g/mol. The van der Waals surface area contributed by atoms with Crippen LogP contribution in [0.2, 0.25) is 0 Å². The number of pyridine rings is 1. The molecular weight excluding hydrogens is 310 g/mol. The van der Waals surface area contributed by atoms with Crippen molar-refractivity contribution in [3.8, 4) is 5.75 Å². The summed E-state index contributed by atoms with van der Waals surface area (Å²) in [5.74, 6) is -0.273. The number of anilines is 1. The SMILES string of the molecule is COc1ccc(NC2=CC(=O)N(CCO)C2=O)c2ccc(C)nc12.